The van der Waals surface area contributed by atoms with Crippen LogP contribution in [0.15, 0.2) is 48.6 Å². The minimum Gasteiger partial charge on any atom is -0.481 e. The third kappa shape index (κ3) is 33.8. The maximum atomic E-state index is 10.9. The van der Waals surface area contributed by atoms with Crippen LogP contribution >= 0.6 is 0 Å². The Morgan fingerprint density at radius 3 is 1.23 bits per heavy atom. The van der Waals surface area contributed by atoms with E-state index < -0.39 is 17.9 Å². The average molecular weight is 491 g/mol. The number of carboxylic acids is 1. The van der Waals surface area contributed by atoms with Gasteiger partial charge in [-0.1, -0.05) is 133 Å². The number of carbonyl (C=O) groups is 3. The highest BCUT2D eigenvalue weighted by Gasteiger charge is 2.01. The first-order valence-corrected chi connectivity index (χ1v) is 13.5. The zero-order chi connectivity index (χ0) is 26.4. The van der Waals surface area contributed by atoms with Crippen LogP contribution in [0.1, 0.15) is 124 Å². The number of unbranched alkanes of at least 4 members (excludes halogenated alkanes) is 14. The number of allylic oxidation sites excluding steroid dienone is 6. The SMILES string of the molecule is CC=CC=CC(=O)OC(=O)/C=C/C=C/C.CCCCCCCCCCCCCCCCCC(=O)O. The van der Waals surface area contributed by atoms with Crippen molar-refractivity contribution in [3.63, 3.8) is 0 Å². The first-order valence-electron chi connectivity index (χ1n) is 13.5. The average Bonchev–Trinajstić information content (AvgIpc) is 2.82. The largest absolute Gasteiger partial charge is 0.481 e. The van der Waals surface area contributed by atoms with Crippen molar-refractivity contribution in [2.45, 2.75) is 124 Å². The number of aliphatic carboxylic acids is 1. The highest BCUT2D eigenvalue weighted by atomic mass is 16.6. The lowest BCUT2D eigenvalue weighted by Crippen LogP contribution is -2.06. The fourth-order valence-corrected chi connectivity index (χ4v) is 3.31. The summed E-state index contributed by atoms with van der Waals surface area (Å²) in [4.78, 5) is 32.2. The molecule has 0 rings (SSSR count). The Bertz CT molecular complexity index is 597. The van der Waals surface area contributed by atoms with Crippen molar-refractivity contribution in [1.82, 2.24) is 0 Å². The lowest BCUT2D eigenvalue weighted by Gasteiger charge is -2.03. The summed E-state index contributed by atoms with van der Waals surface area (Å²) in [7, 11) is 0. The summed E-state index contributed by atoms with van der Waals surface area (Å²) in [6, 6.07) is 0. The normalized spacial score (nSPS) is 11.4. The van der Waals surface area contributed by atoms with Crippen molar-refractivity contribution in [3.05, 3.63) is 48.6 Å². The molecule has 0 aliphatic carbocycles. The molecule has 0 fully saturated rings. The van der Waals surface area contributed by atoms with Gasteiger partial charge in [0, 0.05) is 18.6 Å². The molecule has 0 radical (unpaired) electrons. The van der Waals surface area contributed by atoms with Crippen LogP contribution in [0.4, 0.5) is 0 Å². The summed E-state index contributed by atoms with van der Waals surface area (Å²) in [5.74, 6) is -2.01. The van der Waals surface area contributed by atoms with E-state index in [2.05, 4.69) is 11.7 Å². The molecular weight excluding hydrogens is 440 g/mol. The van der Waals surface area contributed by atoms with Gasteiger partial charge in [-0.05, 0) is 20.3 Å². The summed E-state index contributed by atoms with van der Waals surface area (Å²) in [6.07, 6.45) is 32.4. The number of hydrogen-bond donors (Lipinski definition) is 1. The molecular formula is C30H50O5. The zero-order valence-corrected chi connectivity index (χ0v) is 22.5. The molecule has 0 heterocycles. The lowest BCUT2D eigenvalue weighted by atomic mass is 10.0. The second-order valence-electron chi connectivity index (χ2n) is 8.60. The van der Waals surface area contributed by atoms with E-state index in [1.165, 1.54) is 108 Å². The predicted octanol–water partition coefficient (Wildman–Crippen LogP) is 8.65. The summed E-state index contributed by atoms with van der Waals surface area (Å²) in [5, 5.41) is 8.52. The molecule has 0 saturated heterocycles. The van der Waals surface area contributed by atoms with Crippen molar-refractivity contribution in [3.8, 4) is 0 Å². The van der Waals surface area contributed by atoms with Crippen LogP contribution in [0.25, 0.3) is 0 Å². The second-order valence-corrected chi connectivity index (χ2v) is 8.60. The third-order valence-corrected chi connectivity index (χ3v) is 5.27. The molecule has 200 valence electrons. The quantitative estimate of drug-likeness (QED) is 0.0607. The molecule has 0 spiro atoms. The van der Waals surface area contributed by atoms with Gasteiger partial charge in [0.25, 0.3) is 0 Å². The van der Waals surface area contributed by atoms with E-state index >= 15 is 0 Å². The number of esters is 2. The minimum absolute atomic E-state index is 0.345. The Morgan fingerprint density at radius 2 is 0.914 bits per heavy atom. The molecule has 35 heavy (non-hydrogen) atoms. The predicted molar refractivity (Wildman–Crippen MR) is 146 cm³/mol. The van der Waals surface area contributed by atoms with Gasteiger partial charge in [0.05, 0.1) is 0 Å². The molecule has 5 nitrogen and oxygen atoms in total. The zero-order valence-electron chi connectivity index (χ0n) is 22.5. The fourth-order valence-electron chi connectivity index (χ4n) is 3.31. The molecule has 5 heteroatoms. The molecule has 0 amide bonds. The van der Waals surface area contributed by atoms with Crippen molar-refractivity contribution < 1.29 is 24.2 Å². The van der Waals surface area contributed by atoms with Crippen molar-refractivity contribution in [1.29, 1.82) is 0 Å². The first-order chi connectivity index (χ1) is 17.0. The van der Waals surface area contributed by atoms with Gasteiger partial charge >= 0.3 is 17.9 Å². The van der Waals surface area contributed by atoms with Gasteiger partial charge in [0.15, 0.2) is 0 Å². The highest BCUT2D eigenvalue weighted by Crippen LogP contribution is 2.13. The molecule has 0 aromatic rings. The van der Waals surface area contributed by atoms with E-state index in [-0.39, 0.29) is 0 Å². The molecule has 0 saturated carbocycles. The standard InChI is InChI=1S/C18H36O2.C12H14O3/c1-2-3-4-5-6-7-8-9-10-11-12-13-14-15-16-17-18(19)20;1-3-5-7-9-11(13)15-12(14)10-8-6-4-2/h2-17H2,1H3,(H,19,20);3-10H,1-2H3/b;5-3+,6-4?,9-7+,10-8?. The third-order valence-electron chi connectivity index (χ3n) is 5.27. The van der Waals surface area contributed by atoms with Gasteiger partial charge in [-0.15, -0.1) is 0 Å². The van der Waals surface area contributed by atoms with Gasteiger partial charge in [-0.3, -0.25) is 4.79 Å². The second kappa shape index (κ2) is 29.6. The number of carbonyl (C=O) groups excluding carboxylic acids is 2. The Kier molecular flexibility index (Phi) is 29.4. The van der Waals surface area contributed by atoms with Gasteiger partial charge in [-0.2, -0.15) is 0 Å². The molecule has 0 aromatic heterocycles. The molecule has 0 aromatic carbocycles. The van der Waals surface area contributed by atoms with Crippen LogP contribution in [-0.2, 0) is 19.1 Å². The van der Waals surface area contributed by atoms with E-state index in [9.17, 15) is 14.4 Å². The van der Waals surface area contributed by atoms with Crippen molar-refractivity contribution in [2.75, 3.05) is 0 Å². The van der Waals surface area contributed by atoms with Gasteiger partial charge < -0.3 is 9.84 Å². The van der Waals surface area contributed by atoms with Crippen LogP contribution < -0.4 is 0 Å². The highest BCUT2D eigenvalue weighted by molar-refractivity contribution is 5.96. The van der Waals surface area contributed by atoms with Crippen LogP contribution in [0.5, 0.6) is 0 Å². The van der Waals surface area contributed by atoms with Crippen molar-refractivity contribution in [2.24, 2.45) is 0 Å². The topological polar surface area (TPSA) is 80.7 Å². The van der Waals surface area contributed by atoms with Crippen LogP contribution in [-0.4, -0.2) is 23.0 Å². The van der Waals surface area contributed by atoms with E-state index in [1.807, 2.05) is 13.8 Å². The Labute approximate surface area is 214 Å². The van der Waals surface area contributed by atoms with Crippen LogP contribution in [0.2, 0.25) is 0 Å². The summed E-state index contributed by atoms with van der Waals surface area (Å²) in [6.45, 7) is 5.91. The Morgan fingerprint density at radius 1 is 0.571 bits per heavy atom. The van der Waals surface area contributed by atoms with E-state index in [4.69, 9.17) is 5.11 Å². The first kappa shape index (κ1) is 34.7. The Balaban J connectivity index is 0. The maximum Gasteiger partial charge on any atom is 0.338 e. The number of ether oxygens (including phenoxy) is 1. The molecule has 0 bridgehead atoms. The molecule has 0 aliphatic rings. The number of carboxylic acid groups (broad SMARTS) is 1. The smallest absolute Gasteiger partial charge is 0.338 e. The molecule has 0 aliphatic heterocycles. The summed E-state index contributed by atoms with van der Waals surface area (Å²) >= 11 is 0. The van der Waals surface area contributed by atoms with E-state index in [1.54, 1.807) is 24.3 Å². The van der Waals surface area contributed by atoms with Gasteiger partial charge in [-0.25, -0.2) is 9.59 Å². The fraction of sp³-hybridized carbons (Fsp3) is 0.633. The minimum atomic E-state index is -0.678. The van der Waals surface area contributed by atoms with Crippen LogP contribution in [0, 0.1) is 0 Å². The number of rotatable bonds is 20. The monoisotopic (exact) mass is 490 g/mol. The number of hydrogen-bond acceptors (Lipinski definition) is 4. The summed E-state index contributed by atoms with van der Waals surface area (Å²) < 4.78 is 4.42. The van der Waals surface area contributed by atoms with Crippen molar-refractivity contribution >= 4 is 17.9 Å². The lowest BCUT2D eigenvalue weighted by molar-refractivity contribution is -0.152. The maximum absolute atomic E-state index is 10.9. The molecule has 0 unspecified atom stereocenters. The van der Waals surface area contributed by atoms with E-state index in [0.717, 1.165) is 12.8 Å². The molecule has 0 atom stereocenters. The Hall–Kier alpha value is -2.43. The van der Waals surface area contributed by atoms with E-state index in [0.29, 0.717) is 6.42 Å². The van der Waals surface area contributed by atoms with Gasteiger partial charge in [0.2, 0.25) is 0 Å². The molecule has 1 N–H and O–H groups in total. The summed E-state index contributed by atoms with van der Waals surface area (Å²) in [5.41, 5.74) is 0. The van der Waals surface area contributed by atoms with Gasteiger partial charge in [0.1, 0.15) is 0 Å². The van der Waals surface area contributed by atoms with Crippen LogP contribution in [0.3, 0.4) is 0 Å².